The van der Waals surface area contributed by atoms with E-state index in [1.165, 1.54) is 6.92 Å². The van der Waals surface area contributed by atoms with Crippen molar-refractivity contribution in [2.45, 2.75) is 39.7 Å². The quantitative estimate of drug-likeness (QED) is 0.739. The van der Waals surface area contributed by atoms with Gasteiger partial charge in [-0.05, 0) is 43.9 Å². The molecule has 1 aromatic carbocycles. The van der Waals surface area contributed by atoms with Crippen molar-refractivity contribution in [1.29, 1.82) is 0 Å². The Kier molecular flexibility index (Phi) is 6.36. The second-order valence-corrected chi connectivity index (χ2v) is 4.81. The van der Waals surface area contributed by atoms with Crippen LogP contribution in [0.1, 0.15) is 31.4 Å². The topological polar surface area (TPSA) is 58.6 Å². The molecule has 4 nitrogen and oxygen atoms in total. The number of carbonyl (C=O) groups excluding carboxylic acids is 1. The van der Waals surface area contributed by atoms with Crippen LogP contribution in [0.25, 0.3) is 0 Å². The first kappa shape index (κ1) is 15.5. The molecule has 0 aliphatic rings. The molecule has 1 amide bonds. The SMILES string of the molecule is CC(=O)NCCCc1ccc(C)cc1OC(C)CO. The summed E-state index contributed by atoms with van der Waals surface area (Å²) in [4.78, 5) is 10.8. The van der Waals surface area contributed by atoms with E-state index in [4.69, 9.17) is 9.84 Å². The second-order valence-electron chi connectivity index (χ2n) is 4.81. The van der Waals surface area contributed by atoms with Crippen LogP contribution in [0, 0.1) is 6.92 Å². The van der Waals surface area contributed by atoms with Gasteiger partial charge in [0.15, 0.2) is 0 Å². The molecule has 0 fully saturated rings. The monoisotopic (exact) mass is 265 g/mol. The predicted molar refractivity (Wildman–Crippen MR) is 75.4 cm³/mol. The van der Waals surface area contributed by atoms with Gasteiger partial charge in [0.2, 0.25) is 5.91 Å². The van der Waals surface area contributed by atoms with Crippen molar-refractivity contribution in [2.24, 2.45) is 0 Å². The number of carbonyl (C=O) groups is 1. The maximum Gasteiger partial charge on any atom is 0.216 e. The summed E-state index contributed by atoms with van der Waals surface area (Å²) >= 11 is 0. The molecule has 0 aliphatic heterocycles. The number of aliphatic hydroxyl groups excluding tert-OH is 1. The van der Waals surface area contributed by atoms with Crippen LogP contribution in [-0.2, 0) is 11.2 Å². The first-order valence-corrected chi connectivity index (χ1v) is 6.64. The first-order valence-electron chi connectivity index (χ1n) is 6.64. The molecule has 2 N–H and O–H groups in total. The van der Waals surface area contributed by atoms with Crippen molar-refractivity contribution in [2.75, 3.05) is 13.2 Å². The van der Waals surface area contributed by atoms with Gasteiger partial charge in [-0.2, -0.15) is 0 Å². The number of hydrogen-bond acceptors (Lipinski definition) is 3. The number of hydrogen-bond donors (Lipinski definition) is 2. The number of aryl methyl sites for hydroxylation is 2. The summed E-state index contributed by atoms with van der Waals surface area (Å²) in [5, 5.41) is 11.8. The van der Waals surface area contributed by atoms with Crippen LogP contribution >= 0.6 is 0 Å². The number of benzene rings is 1. The minimum atomic E-state index is -0.212. The van der Waals surface area contributed by atoms with Gasteiger partial charge in [-0.15, -0.1) is 0 Å². The lowest BCUT2D eigenvalue weighted by Crippen LogP contribution is -2.21. The van der Waals surface area contributed by atoms with E-state index in [9.17, 15) is 4.79 Å². The molecule has 1 unspecified atom stereocenters. The molecule has 106 valence electrons. The summed E-state index contributed by atoms with van der Waals surface area (Å²) in [5.74, 6) is 0.818. The smallest absolute Gasteiger partial charge is 0.216 e. The van der Waals surface area contributed by atoms with Crippen LogP contribution in [0.4, 0.5) is 0 Å². The summed E-state index contributed by atoms with van der Waals surface area (Å²) in [6.45, 7) is 6.03. The zero-order chi connectivity index (χ0) is 14.3. The molecular formula is C15H23NO3. The van der Waals surface area contributed by atoms with Gasteiger partial charge >= 0.3 is 0 Å². The van der Waals surface area contributed by atoms with E-state index >= 15 is 0 Å². The molecule has 0 aliphatic carbocycles. The molecular weight excluding hydrogens is 242 g/mol. The van der Waals surface area contributed by atoms with Crippen molar-refractivity contribution in [3.05, 3.63) is 29.3 Å². The van der Waals surface area contributed by atoms with Crippen molar-refractivity contribution >= 4 is 5.91 Å². The van der Waals surface area contributed by atoms with Gasteiger partial charge in [-0.3, -0.25) is 4.79 Å². The maximum absolute atomic E-state index is 10.8. The van der Waals surface area contributed by atoms with E-state index in [2.05, 4.69) is 5.32 Å². The van der Waals surface area contributed by atoms with E-state index in [1.807, 2.05) is 32.0 Å². The fourth-order valence-electron chi connectivity index (χ4n) is 1.78. The second kappa shape index (κ2) is 7.79. The maximum atomic E-state index is 10.8. The number of rotatable bonds is 7. The lowest BCUT2D eigenvalue weighted by atomic mass is 10.1. The lowest BCUT2D eigenvalue weighted by Gasteiger charge is -2.16. The molecule has 1 atom stereocenters. The molecule has 0 bridgehead atoms. The molecule has 1 rings (SSSR count). The zero-order valence-corrected chi connectivity index (χ0v) is 11.9. The number of nitrogens with one attached hydrogen (secondary N) is 1. The van der Waals surface area contributed by atoms with Gasteiger partial charge in [0, 0.05) is 13.5 Å². The predicted octanol–water partition coefficient (Wildman–Crippen LogP) is 1.82. The summed E-state index contributed by atoms with van der Waals surface area (Å²) in [6.07, 6.45) is 1.50. The van der Waals surface area contributed by atoms with E-state index in [1.54, 1.807) is 0 Å². The van der Waals surface area contributed by atoms with E-state index in [0.29, 0.717) is 6.54 Å². The van der Waals surface area contributed by atoms with Gasteiger partial charge in [0.1, 0.15) is 11.9 Å². The molecule has 0 saturated carbocycles. The third-order valence-electron chi connectivity index (χ3n) is 2.80. The largest absolute Gasteiger partial charge is 0.488 e. The Hall–Kier alpha value is -1.55. The zero-order valence-electron chi connectivity index (χ0n) is 11.9. The third-order valence-corrected chi connectivity index (χ3v) is 2.80. The van der Waals surface area contributed by atoms with Gasteiger partial charge in [0.05, 0.1) is 6.61 Å². The highest BCUT2D eigenvalue weighted by Gasteiger charge is 2.08. The number of ether oxygens (including phenoxy) is 1. The molecule has 0 heterocycles. The highest BCUT2D eigenvalue weighted by Crippen LogP contribution is 2.22. The molecule has 1 aromatic rings. The van der Waals surface area contributed by atoms with E-state index in [-0.39, 0.29) is 18.6 Å². The van der Waals surface area contributed by atoms with Crippen molar-refractivity contribution < 1.29 is 14.6 Å². The van der Waals surface area contributed by atoms with Crippen LogP contribution in [0.3, 0.4) is 0 Å². The van der Waals surface area contributed by atoms with Crippen LogP contribution in [0.15, 0.2) is 18.2 Å². The van der Waals surface area contributed by atoms with Crippen molar-refractivity contribution in [1.82, 2.24) is 5.32 Å². The average molecular weight is 265 g/mol. The highest BCUT2D eigenvalue weighted by atomic mass is 16.5. The molecule has 0 saturated heterocycles. The number of amides is 1. The summed E-state index contributed by atoms with van der Waals surface area (Å²) in [5.41, 5.74) is 2.24. The third kappa shape index (κ3) is 5.75. The Morgan fingerprint density at radius 3 is 2.84 bits per heavy atom. The standard InChI is InChI=1S/C15H23NO3/c1-11-6-7-14(5-4-8-16-13(3)18)15(9-11)19-12(2)10-17/h6-7,9,12,17H,4-5,8,10H2,1-3H3,(H,16,18). The summed E-state index contributed by atoms with van der Waals surface area (Å²) < 4.78 is 5.72. The molecule has 19 heavy (non-hydrogen) atoms. The minimum Gasteiger partial charge on any atom is -0.488 e. The normalized spacial score (nSPS) is 12.0. The molecule has 0 radical (unpaired) electrons. The van der Waals surface area contributed by atoms with Crippen LogP contribution in [0.2, 0.25) is 0 Å². The van der Waals surface area contributed by atoms with Gasteiger partial charge in [-0.1, -0.05) is 12.1 Å². The van der Waals surface area contributed by atoms with Gasteiger partial charge in [0.25, 0.3) is 0 Å². The Bertz CT molecular complexity index is 418. The Morgan fingerprint density at radius 1 is 1.47 bits per heavy atom. The fraction of sp³-hybridized carbons (Fsp3) is 0.533. The molecule has 0 spiro atoms. The molecule has 4 heteroatoms. The minimum absolute atomic E-state index is 0.000720. The van der Waals surface area contributed by atoms with E-state index in [0.717, 1.165) is 29.7 Å². The summed E-state index contributed by atoms with van der Waals surface area (Å²) in [6, 6.07) is 6.08. The van der Waals surface area contributed by atoms with Crippen LogP contribution in [-0.4, -0.2) is 30.3 Å². The lowest BCUT2D eigenvalue weighted by molar-refractivity contribution is -0.118. The Labute approximate surface area is 114 Å². The van der Waals surface area contributed by atoms with Gasteiger partial charge in [-0.25, -0.2) is 0 Å². The Balaban J connectivity index is 2.62. The average Bonchev–Trinajstić information content (AvgIpc) is 2.36. The van der Waals surface area contributed by atoms with E-state index < -0.39 is 0 Å². The van der Waals surface area contributed by atoms with Crippen molar-refractivity contribution in [3.8, 4) is 5.75 Å². The van der Waals surface area contributed by atoms with Crippen LogP contribution < -0.4 is 10.1 Å². The molecule has 0 aromatic heterocycles. The highest BCUT2D eigenvalue weighted by molar-refractivity contribution is 5.72. The fourth-order valence-corrected chi connectivity index (χ4v) is 1.78. The Morgan fingerprint density at radius 2 is 2.21 bits per heavy atom. The summed E-state index contributed by atoms with van der Waals surface area (Å²) in [7, 11) is 0. The van der Waals surface area contributed by atoms with Crippen LogP contribution in [0.5, 0.6) is 5.75 Å². The van der Waals surface area contributed by atoms with Gasteiger partial charge < -0.3 is 15.2 Å². The number of aliphatic hydroxyl groups is 1. The van der Waals surface area contributed by atoms with Crippen molar-refractivity contribution in [3.63, 3.8) is 0 Å². The first-order chi connectivity index (χ1) is 9.02.